The highest BCUT2D eigenvalue weighted by atomic mass is 16.4. The van der Waals surface area contributed by atoms with E-state index in [-0.39, 0.29) is 6.42 Å². The predicted molar refractivity (Wildman–Crippen MR) is 47.2 cm³/mol. The highest BCUT2D eigenvalue weighted by Gasteiger charge is 2.04. The molecule has 0 aliphatic rings. The fourth-order valence-corrected chi connectivity index (χ4v) is 1.10. The summed E-state index contributed by atoms with van der Waals surface area (Å²) in [6, 6.07) is 8.10. The van der Waals surface area contributed by atoms with Crippen LogP contribution in [0.4, 0.5) is 0 Å². The maximum Gasteiger partial charge on any atom is 0.307 e. The maximum absolute atomic E-state index is 10.4. The Morgan fingerprint density at radius 1 is 1.21 bits per heavy atom. The molecular weight excluding hydrogens is 180 g/mol. The third-order valence-corrected chi connectivity index (χ3v) is 1.61. The van der Waals surface area contributed by atoms with Gasteiger partial charge in [-0.3, -0.25) is 4.79 Å². The number of nitriles is 2. The molecule has 0 unspecified atom stereocenters. The number of aliphatic carboxylic acids is 1. The molecule has 1 N–H and O–H groups in total. The topological polar surface area (TPSA) is 84.9 Å². The molecule has 0 amide bonds. The average molecular weight is 186 g/mol. The van der Waals surface area contributed by atoms with E-state index in [4.69, 9.17) is 15.6 Å². The van der Waals surface area contributed by atoms with Gasteiger partial charge in [-0.05, 0) is 23.8 Å². The lowest BCUT2D eigenvalue weighted by atomic mass is 10.0. The van der Waals surface area contributed by atoms with Crippen molar-refractivity contribution in [3.05, 3.63) is 34.9 Å². The molecule has 14 heavy (non-hydrogen) atoms. The summed E-state index contributed by atoms with van der Waals surface area (Å²) in [7, 11) is 0. The molecule has 0 fully saturated rings. The van der Waals surface area contributed by atoms with Crippen molar-refractivity contribution in [3.8, 4) is 12.1 Å². The van der Waals surface area contributed by atoms with Crippen LogP contribution in [0.5, 0.6) is 0 Å². The second-order valence-corrected chi connectivity index (χ2v) is 2.71. The monoisotopic (exact) mass is 186 g/mol. The standard InChI is InChI=1S/C10H6N2O2/c11-5-8-1-7(4-10(13)14)2-9(3-8)6-12/h1-3H,4H2,(H,13,14). The SMILES string of the molecule is N#Cc1cc(C#N)cc(CC(=O)O)c1. The summed E-state index contributed by atoms with van der Waals surface area (Å²) in [4.78, 5) is 10.4. The zero-order chi connectivity index (χ0) is 10.6. The molecule has 0 heterocycles. The molecule has 4 heteroatoms. The molecule has 0 aliphatic heterocycles. The van der Waals surface area contributed by atoms with Crippen LogP contribution >= 0.6 is 0 Å². The Morgan fingerprint density at radius 2 is 1.71 bits per heavy atom. The largest absolute Gasteiger partial charge is 0.481 e. The van der Waals surface area contributed by atoms with Crippen molar-refractivity contribution in [1.82, 2.24) is 0 Å². The average Bonchev–Trinajstić information content (AvgIpc) is 2.16. The van der Waals surface area contributed by atoms with Gasteiger partial charge in [0.2, 0.25) is 0 Å². The summed E-state index contributed by atoms with van der Waals surface area (Å²) in [6.45, 7) is 0. The van der Waals surface area contributed by atoms with E-state index in [0.717, 1.165) is 0 Å². The first-order valence-electron chi connectivity index (χ1n) is 3.81. The Labute approximate surface area is 80.6 Å². The lowest BCUT2D eigenvalue weighted by Gasteiger charge is -1.98. The number of hydrogen-bond acceptors (Lipinski definition) is 3. The second kappa shape index (κ2) is 4.06. The highest BCUT2D eigenvalue weighted by molar-refractivity contribution is 5.70. The summed E-state index contributed by atoms with van der Waals surface area (Å²) in [5.74, 6) is -0.982. The molecule has 0 radical (unpaired) electrons. The molecule has 0 spiro atoms. The normalized spacial score (nSPS) is 8.71. The molecule has 0 saturated heterocycles. The van der Waals surface area contributed by atoms with E-state index in [0.29, 0.717) is 16.7 Å². The van der Waals surface area contributed by atoms with E-state index < -0.39 is 5.97 Å². The Kier molecular flexibility index (Phi) is 2.83. The van der Waals surface area contributed by atoms with Crippen LogP contribution in [0.1, 0.15) is 16.7 Å². The Morgan fingerprint density at radius 3 is 2.07 bits per heavy atom. The molecule has 0 bridgehead atoms. The van der Waals surface area contributed by atoms with Gasteiger partial charge in [-0.25, -0.2) is 0 Å². The van der Waals surface area contributed by atoms with Gasteiger partial charge in [0, 0.05) is 0 Å². The van der Waals surface area contributed by atoms with Crippen LogP contribution in [0.25, 0.3) is 0 Å². The van der Waals surface area contributed by atoms with E-state index in [1.54, 1.807) is 0 Å². The van der Waals surface area contributed by atoms with Crippen molar-refractivity contribution >= 4 is 5.97 Å². The van der Waals surface area contributed by atoms with Crippen molar-refractivity contribution in [2.45, 2.75) is 6.42 Å². The van der Waals surface area contributed by atoms with Gasteiger partial charge in [0.05, 0.1) is 29.7 Å². The molecule has 68 valence electrons. The van der Waals surface area contributed by atoms with Crippen LogP contribution in [-0.4, -0.2) is 11.1 Å². The fraction of sp³-hybridized carbons (Fsp3) is 0.100. The number of carbonyl (C=O) groups is 1. The highest BCUT2D eigenvalue weighted by Crippen LogP contribution is 2.09. The van der Waals surface area contributed by atoms with E-state index >= 15 is 0 Å². The third-order valence-electron chi connectivity index (χ3n) is 1.61. The molecule has 0 aliphatic carbocycles. The molecule has 0 saturated carbocycles. The van der Waals surface area contributed by atoms with Gasteiger partial charge in [0.15, 0.2) is 0 Å². The Balaban J connectivity index is 3.14. The molecular formula is C10H6N2O2. The van der Waals surface area contributed by atoms with Crippen molar-refractivity contribution < 1.29 is 9.90 Å². The summed E-state index contributed by atoms with van der Waals surface area (Å²) < 4.78 is 0. The molecule has 1 aromatic carbocycles. The van der Waals surface area contributed by atoms with Gasteiger partial charge < -0.3 is 5.11 Å². The van der Waals surface area contributed by atoms with Gasteiger partial charge in [0.1, 0.15) is 0 Å². The van der Waals surface area contributed by atoms with Crippen LogP contribution in [0.15, 0.2) is 18.2 Å². The van der Waals surface area contributed by atoms with Crippen LogP contribution in [-0.2, 0) is 11.2 Å². The van der Waals surface area contributed by atoms with Gasteiger partial charge in [-0.1, -0.05) is 0 Å². The molecule has 1 aromatic rings. The molecule has 1 rings (SSSR count). The van der Waals surface area contributed by atoms with Crippen LogP contribution in [0, 0.1) is 22.7 Å². The van der Waals surface area contributed by atoms with Crippen molar-refractivity contribution in [3.63, 3.8) is 0 Å². The number of hydrogen-bond donors (Lipinski definition) is 1. The summed E-state index contributed by atoms with van der Waals surface area (Å²) >= 11 is 0. The quantitative estimate of drug-likeness (QED) is 0.748. The number of nitrogens with zero attached hydrogens (tertiary/aromatic N) is 2. The lowest BCUT2D eigenvalue weighted by molar-refractivity contribution is -0.136. The van der Waals surface area contributed by atoms with Crippen molar-refractivity contribution in [1.29, 1.82) is 10.5 Å². The Bertz CT molecular complexity index is 420. The van der Waals surface area contributed by atoms with E-state index in [9.17, 15) is 4.79 Å². The number of rotatable bonds is 2. The van der Waals surface area contributed by atoms with Gasteiger partial charge in [0.25, 0.3) is 0 Å². The zero-order valence-corrected chi connectivity index (χ0v) is 7.19. The second-order valence-electron chi connectivity index (χ2n) is 2.71. The van der Waals surface area contributed by atoms with Crippen LogP contribution < -0.4 is 0 Å². The first-order valence-corrected chi connectivity index (χ1v) is 3.81. The number of carboxylic acid groups (broad SMARTS) is 1. The molecule has 4 nitrogen and oxygen atoms in total. The minimum absolute atomic E-state index is 0.176. The molecule has 0 aromatic heterocycles. The van der Waals surface area contributed by atoms with Crippen molar-refractivity contribution in [2.75, 3.05) is 0 Å². The van der Waals surface area contributed by atoms with Gasteiger partial charge >= 0.3 is 5.97 Å². The number of benzene rings is 1. The number of carboxylic acids is 1. The van der Waals surface area contributed by atoms with Crippen LogP contribution in [0.2, 0.25) is 0 Å². The minimum Gasteiger partial charge on any atom is -0.481 e. The third kappa shape index (κ3) is 2.33. The molecule has 0 atom stereocenters. The van der Waals surface area contributed by atoms with E-state index in [1.807, 2.05) is 12.1 Å². The first kappa shape index (κ1) is 9.76. The summed E-state index contributed by atoms with van der Waals surface area (Å²) in [6.07, 6.45) is -0.176. The van der Waals surface area contributed by atoms with Crippen molar-refractivity contribution in [2.24, 2.45) is 0 Å². The van der Waals surface area contributed by atoms with Gasteiger partial charge in [-0.2, -0.15) is 10.5 Å². The van der Waals surface area contributed by atoms with Gasteiger partial charge in [-0.15, -0.1) is 0 Å². The minimum atomic E-state index is -0.982. The smallest absolute Gasteiger partial charge is 0.307 e. The maximum atomic E-state index is 10.4. The first-order chi connectivity index (χ1) is 6.65. The Hall–Kier alpha value is -2.33. The fourth-order valence-electron chi connectivity index (χ4n) is 1.10. The summed E-state index contributed by atoms with van der Waals surface area (Å²) in [5, 5.41) is 25.7. The van der Waals surface area contributed by atoms with E-state index in [2.05, 4.69) is 0 Å². The van der Waals surface area contributed by atoms with Crippen LogP contribution in [0.3, 0.4) is 0 Å². The summed E-state index contributed by atoms with van der Waals surface area (Å²) in [5.41, 5.74) is 1.08. The van der Waals surface area contributed by atoms with E-state index in [1.165, 1.54) is 18.2 Å². The lowest BCUT2D eigenvalue weighted by Crippen LogP contribution is -2.00. The zero-order valence-electron chi connectivity index (χ0n) is 7.19. The predicted octanol–water partition coefficient (Wildman–Crippen LogP) is 1.06.